The minimum absolute atomic E-state index is 0.144. The lowest BCUT2D eigenvalue weighted by molar-refractivity contribution is -0.124. The third-order valence-electron chi connectivity index (χ3n) is 3.47. The van der Waals surface area contributed by atoms with Gasteiger partial charge in [0, 0.05) is 19.6 Å². The molecule has 0 radical (unpaired) electrons. The van der Waals surface area contributed by atoms with Gasteiger partial charge in [-0.1, -0.05) is 20.3 Å². The summed E-state index contributed by atoms with van der Waals surface area (Å²) in [5.41, 5.74) is 0. The Morgan fingerprint density at radius 3 is 2.70 bits per heavy atom. The number of nitrogens with zero attached hydrogens (tertiary/aromatic N) is 1. The molecular weight excluding hydrogens is 278 g/mol. The van der Waals surface area contributed by atoms with E-state index in [1.807, 2.05) is 13.8 Å². The Balaban J connectivity index is 2.53. The van der Waals surface area contributed by atoms with E-state index < -0.39 is 16.1 Å². The molecule has 0 aromatic rings. The predicted octanol–water partition coefficient (Wildman–Crippen LogP) is 0.306. The van der Waals surface area contributed by atoms with E-state index in [1.165, 1.54) is 4.31 Å². The van der Waals surface area contributed by atoms with Crippen LogP contribution in [0.4, 0.5) is 0 Å². The smallest absolute Gasteiger partial charge is 0.238 e. The molecule has 0 saturated carbocycles. The van der Waals surface area contributed by atoms with E-state index in [1.54, 1.807) is 0 Å². The van der Waals surface area contributed by atoms with Gasteiger partial charge in [0.2, 0.25) is 15.9 Å². The van der Waals surface area contributed by atoms with Crippen LogP contribution in [0, 0.1) is 0 Å². The number of carbonyl (C=O) groups is 1. The zero-order valence-electron chi connectivity index (χ0n) is 12.5. The molecule has 0 aromatic carbocycles. The van der Waals surface area contributed by atoms with Crippen LogP contribution < -0.4 is 10.6 Å². The van der Waals surface area contributed by atoms with Crippen LogP contribution in [0.1, 0.15) is 39.5 Å². The maximum absolute atomic E-state index is 12.2. The van der Waals surface area contributed by atoms with Gasteiger partial charge >= 0.3 is 0 Å². The molecule has 0 aromatic heterocycles. The van der Waals surface area contributed by atoms with E-state index in [0.29, 0.717) is 32.5 Å². The highest BCUT2D eigenvalue weighted by Crippen LogP contribution is 2.22. The Hall–Kier alpha value is -0.660. The van der Waals surface area contributed by atoms with Gasteiger partial charge in [-0.2, -0.15) is 4.31 Å². The highest BCUT2D eigenvalue weighted by molar-refractivity contribution is 7.89. The van der Waals surface area contributed by atoms with E-state index in [4.69, 9.17) is 0 Å². The molecule has 0 bridgehead atoms. The van der Waals surface area contributed by atoms with Gasteiger partial charge in [0.1, 0.15) is 6.04 Å². The van der Waals surface area contributed by atoms with Crippen molar-refractivity contribution >= 4 is 15.9 Å². The normalized spacial score (nSPS) is 20.2. The lowest BCUT2D eigenvalue weighted by atomic mass is 10.2. The summed E-state index contributed by atoms with van der Waals surface area (Å²) in [4.78, 5) is 12.1. The number of unbranched alkanes of at least 4 members (excludes halogenated alkanes) is 1. The summed E-state index contributed by atoms with van der Waals surface area (Å²) in [6.07, 6.45) is 2.87. The second kappa shape index (κ2) is 8.59. The van der Waals surface area contributed by atoms with Crippen molar-refractivity contribution in [1.29, 1.82) is 0 Å². The van der Waals surface area contributed by atoms with E-state index in [9.17, 15) is 13.2 Å². The summed E-state index contributed by atoms with van der Waals surface area (Å²) in [6, 6.07) is -0.515. The fraction of sp³-hybridized carbons (Fsp3) is 0.923. The minimum atomic E-state index is -3.29. The monoisotopic (exact) mass is 305 g/mol. The molecule has 1 heterocycles. The second-order valence-corrected chi connectivity index (χ2v) is 7.12. The fourth-order valence-electron chi connectivity index (χ4n) is 2.35. The third-order valence-corrected chi connectivity index (χ3v) is 5.43. The average molecular weight is 305 g/mol. The van der Waals surface area contributed by atoms with Crippen LogP contribution in [0.25, 0.3) is 0 Å². The maximum atomic E-state index is 12.2. The molecule has 2 N–H and O–H groups in total. The largest absolute Gasteiger partial charge is 0.353 e. The third kappa shape index (κ3) is 5.03. The van der Waals surface area contributed by atoms with Gasteiger partial charge in [-0.3, -0.25) is 4.79 Å². The molecule has 1 rings (SSSR count). The van der Waals surface area contributed by atoms with E-state index >= 15 is 0 Å². The van der Waals surface area contributed by atoms with Crippen molar-refractivity contribution in [2.75, 3.05) is 31.9 Å². The molecule has 1 saturated heterocycles. The Morgan fingerprint density at radius 1 is 1.30 bits per heavy atom. The molecule has 1 fully saturated rings. The molecule has 20 heavy (non-hydrogen) atoms. The summed E-state index contributed by atoms with van der Waals surface area (Å²) in [5, 5.41) is 5.93. The molecule has 0 spiro atoms. The second-order valence-electron chi connectivity index (χ2n) is 5.08. The highest BCUT2D eigenvalue weighted by atomic mass is 32.2. The van der Waals surface area contributed by atoms with Crippen LogP contribution in [-0.4, -0.2) is 56.6 Å². The Bertz CT molecular complexity index is 398. The summed E-state index contributed by atoms with van der Waals surface area (Å²) < 4.78 is 25.8. The van der Waals surface area contributed by atoms with Crippen LogP contribution in [-0.2, 0) is 14.8 Å². The first-order chi connectivity index (χ1) is 9.53. The van der Waals surface area contributed by atoms with Gasteiger partial charge < -0.3 is 10.6 Å². The standard InChI is InChI=1S/C13H27N3O3S/c1-3-5-11-20(18,19)16-10-6-7-12(16)13(17)15-9-8-14-4-2/h12,14H,3-11H2,1-2H3,(H,15,17). The molecule has 1 amide bonds. The quantitative estimate of drug-likeness (QED) is 0.601. The number of hydrogen-bond donors (Lipinski definition) is 2. The van der Waals surface area contributed by atoms with Crippen LogP contribution in [0.2, 0.25) is 0 Å². The molecule has 1 atom stereocenters. The van der Waals surface area contributed by atoms with Gasteiger partial charge in [0.15, 0.2) is 0 Å². The van der Waals surface area contributed by atoms with Crippen molar-refractivity contribution in [3.8, 4) is 0 Å². The van der Waals surface area contributed by atoms with Gasteiger partial charge in [-0.05, 0) is 25.8 Å². The number of carbonyl (C=O) groups excluding carboxylic acids is 1. The van der Waals surface area contributed by atoms with Gasteiger partial charge in [-0.25, -0.2) is 8.42 Å². The first-order valence-corrected chi connectivity index (χ1v) is 9.11. The molecule has 6 nitrogen and oxygen atoms in total. The SMILES string of the molecule is CCCCS(=O)(=O)N1CCCC1C(=O)NCCNCC. The van der Waals surface area contributed by atoms with Crippen LogP contribution >= 0.6 is 0 Å². The number of hydrogen-bond acceptors (Lipinski definition) is 4. The zero-order chi connectivity index (χ0) is 15.0. The van der Waals surface area contributed by atoms with Crippen molar-refractivity contribution < 1.29 is 13.2 Å². The summed E-state index contributed by atoms with van der Waals surface area (Å²) in [7, 11) is -3.29. The predicted molar refractivity (Wildman–Crippen MR) is 80.0 cm³/mol. The minimum Gasteiger partial charge on any atom is -0.353 e. The van der Waals surface area contributed by atoms with Crippen molar-refractivity contribution in [2.45, 2.75) is 45.6 Å². The molecular formula is C13H27N3O3S. The van der Waals surface area contributed by atoms with E-state index in [2.05, 4.69) is 10.6 Å². The number of nitrogens with one attached hydrogen (secondary N) is 2. The summed E-state index contributed by atoms with van der Waals surface area (Å²) in [6.45, 7) is 6.53. The first kappa shape index (κ1) is 17.4. The summed E-state index contributed by atoms with van der Waals surface area (Å²) in [5.74, 6) is -0.0227. The maximum Gasteiger partial charge on any atom is 0.238 e. The lowest BCUT2D eigenvalue weighted by Crippen LogP contribution is -2.47. The average Bonchev–Trinajstić information content (AvgIpc) is 2.91. The van der Waals surface area contributed by atoms with Gasteiger partial charge in [-0.15, -0.1) is 0 Å². The van der Waals surface area contributed by atoms with Crippen molar-refractivity contribution in [2.24, 2.45) is 0 Å². The van der Waals surface area contributed by atoms with Crippen LogP contribution in [0.5, 0.6) is 0 Å². The lowest BCUT2D eigenvalue weighted by Gasteiger charge is -2.23. The fourth-order valence-corrected chi connectivity index (χ4v) is 4.23. The topological polar surface area (TPSA) is 78.5 Å². The highest BCUT2D eigenvalue weighted by Gasteiger charge is 2.37. The Morgan fingerprint density at radius 2 is 2.05 bits per heavy atom. The molecule has 118 valence electrons. The number of rotatable bonds is 9. The summed E-state index contributed by atoms with van der Waals surface area (Å²) >= 11 is 0. The number of likely N-dealkylation sites (N-methyl/N-ethyl adjacent to an activating group) is 1. The molecule has 1 aliphatic heterocycles. The van der Waals surface area contributed by atoms with Crippen LogP contribution in [0.3, 0.4) is 0 Å². The van der Waals surface area contributed by atoms with Crippen molar-refractivity contribution in [3.05, 3.63) is 0 Å². The van der Waals surface area contributed by atoms with E-state index in [0.717, 1.165) is 19.4 Å². The van der Waals surface area contributed by atoms with Crippen molar-refractivity contribution in [3.63, 3.8) is 0 Å². The molecule has 1 aliphatic rings. The van der Waals surface area contributed by atoms with Crippen molar-refractivity contribution in [1.82, 2.24) is 14.9 Å². The van der Waals surface area contributed by atoms with E-state index in [-0.39, 0.29) is 11.7 Å². The van der Waals surface area contributed by atoms with Gasteiger partial charge in [0.25, 0.3) is 0 Å². The zero-order valence-corrected chi connectivity index (χ0v) is 13.3. The molecule has 1 unspecified atom stereocenters. The number of sulfonamides is 1. The Kier molecular flexibility index (Phi) is 7.47. The van der Waals surface area contributed by atoms with Gasteiger partial charge in [0.05, 0.1) is 5.75 Å². The number of amides is 1. The molecule has 0 aliphatic carbocycles. The Labute approximate surface area is 122 Å². The molecule has 7 heteroatoms. The first-order valence-electron chi connectivity index (χ1n) is 7.50. The van der Waals surface area contributed by atoms with Crippen LogP contribution in [0.15, 0.2) is 0 Å².